The molecule has 1 heterocycles. The van der Waals surface area contributed by atoms with Crippen molar-refractivity contribution in [3.63, 3.8) is 0 Å². The summed E-state index contributed by atoms with van der Waals surface area (Å²) in [5.41, 5.74) is 0. The second-order valence-electron chi connectivity index (χ2n) is 6.93. The molecule has 5 aromatic carbocycles. The Morgan fingerprint density at radius 2 is 1.03 bits per heavy atom. The van der Waals surface area contributed by atoms with E-state index in [0.717, 1.165) is 8.95 Å². The van der Waals surface area contributed by atoms with E-state index < -0.39 is 24.6 Å². The van der Waals surface area contributed by atoms with Crippen LogP contribution in [0.2, 0.25) is 0 Å². The molecule has 0 spiro atoms. The van der Waals surface area contributed by atoms with Crippen LogP contribution in [0.3, 0.4) is 0 Å². The van der Waals surface area contributed by atoms with E-state index in [1.807, 2.05) is 0 Å². The van der Waals surface area contributed by atoms with Gasteiger partial charge in [-0.3, -0.25) is 0 Å². The topological polar surface area (TPSA) is 168 Å². The summed E-state index contributed by atoms with van der Waals surface area (Å²) in [6.07, 6.45) is -5.50. The van der Waals surface area contributed by atoms with Crippen molar-refractivity contribution in [2.45, 2.75) is 0 Å². The quantitative estimate of drug-likeness (QED) is 0.0575. The minimum Gasteiger partial charge on any atom is -0.450 e. The Kier molecular flexibility index (Phi) is 8.12. The first-order chi connectivity index (χ1) is 17.0. The number of halogens is 2. The number of fused-ring (bicyclic) bond motifs is 2. The largest absolute Gasteiger partial charge is 0.528 e. The van der Waals surface area contributed by atoms with Crippen LogP contribution in [-0.2, 0) is 9.47 Å². The highest BCUT2D eigenvalue weighted by atomic mass is 79.9. The molecule has 4 N–H and O–H groups in total. The molecule has 0 bridgehead atoms. The summed E-state index contributed by atoms with van der Waals surface area (Å²) < 4.78 is 9.51. The Morgan fingerprint density at radius 3 is 1.47 bits per heavy atom. The lowest BCUT2D eigenvalue weighted by molar-refractivity contribution is 0.00673. The van der Waals surface area contributed by atoms with Crippen LogP contribution in [0.4, 0.5) is 19.2 Å². The maximum absolute atomic E-state index is 9.44. The van der Waals surface area contributed by atoms with Crippen molar-refractivity contribution in [1.82, 2.24) is 0 Å². The summed E-state index contributed by atoms with van der Waals surface area (Å²) in [5, 5.41) is 38.4. The third-order valence-corrected chi connectivity index (χ3v) is 6.84. The zero-order chi connectivity index (χ0) is 26.6. The van der Waals surface area contributed by atoms with Crippen LogP contribution < -0.4 is 0 Å². The lowest BCUT2D eigenvalue weighted by Gasteiger charge is -2.16. The highest BCUT2D eigenvalue weighted by molar-refractivity contribution is 9.13. The highest BCUT2D eigenvalue weighted by Crippen LogP contribution is 2.45. The summed E-state index contributed by atoms with van der Waals surface area (Å²) in [4.78, 5) is 36.0. The molecule has 0 saturated carbocycles. The third-order valence-electron chi connectivity index (χ3n) is 4.86. The fraction of sp³-hybridized carbons (Fsp3) is 0. The monoisotopic (exact) mass is 620 g/mol. The standard InChI is InChI=1S/C20H10Br2.C2O4.2CH2O3/c21-16-10-12-6-3-8-14-13-7-1-4-11-5-2-9-15(17(11)13)19(18(12)14)20(16)22;3-1-5-2(4)6-1;2*2-1(3)4/h1-10H;;2*(H2,2,3,4). The highest BCUT2D eigenvalue weighted by Gasteiger charge is 2.27. The lowest BCUT2D eigenvalue weighted by Crippen LogP contribution is -2.27. The van der Waals surface area contributed by atoms with E-state index in [1.165, 1.54) is 43.1 Å². The van der Waals surface area contributed by atoms with Gasteiger partial charge in [0.15, 0.2) is 0 Å². The molecule has 184 valence electrons. The first-order valence-corrected chi connectivity index (χ1v) is 11.3. The average Bonchev–Trinajstić information content (AvgIpc) is 2.78. The number of hydrogen-bond donors (Lipinski definition) is 4. The summed E-state index contributed by atoms with van der Waals surface area (Å²) in [7, 11) is 0. The van der Waals surface area contributed by atoms with Gasteiger partial charge in [-0.2, -0.15) is 0 Å². The van der Waals surface area contributed by atoms with Crippen LogP contribution in [0.15, 0.2) is 69.6 Å². The van der Waals surface area contributed by atoms with Gasteiger partial charge in [0, 0.05) is 14.3 Å². The normalized spacial score (nSPS) is 11.7. The molecule has 36 heavy (non-hydrogen) atoms. The van der Waals surface area contributed by atoms with E-state index in [-0.39, 0.29) is 0 Å². The SMILES string of the molecule is Brc1cc2cccc3c4cccc5cccc(c(c1Br)c23)c54.O=C(O)O.O=C(O)O.O=C1OC(=O)O1. The number of ether oxygens (including phenoxy) is 2. The predicted octanol–water partition coefficient (Wildman–Crippen LogP) is 7.98. The van der Waals surface area contributed by atoms with Crippen LogP contribution >= 0.6 is 31.9 Å². The van der Waals surface area contributed by atoms with Gasteiger partial charge in [0.25, 0.3) is 0 Å². The molecule has 0 radical (unpaired) electrons. The van der Waals surface area contributed by atoms with Crippen LogP contribution in [-0.4, -0.2) is 45.0 Å². The van der Waals surface area contributed by atoms with Crippen LogP contribution in [0.5, 0.6) is 0 Å². The smallest absolute Gasteiger partial charge is 0.450 e. The van der Waals surface area contributed by atoms with Crippen LogP contribution in [0.25, 0.3) is 43.1 Å². The molecule has 10 nitrogen and oxygen atoms in total. The second kappa shape index (κ2) is 11.1. The van der Waals surface area contributed by atoms with E-state index in [9.17, 15) is 9.59 Å². The number of hydrogen-bond acceptors (Lipinski definition) is 6. The molecule has 1 aliphatic rings. The van der Waals surface area contributed by atoms with E-state index >= 15 is 0 Å². The minimum atomic E-state index is -1.83. The number of carboxylic acid groups (broad SMARTS) is 4. The first-order valence-electron chi connectivity index (χ1n) is 9.71. The minimum absolute atomic E-state index is 0.917. The molecular formula is C24H14Br2O10. The molecule has 0 aromatic heterocycles. The van der Waals surface area contributed by atoms with Crippen molar-refractivity contribution >= 4 is 99.6 Å². The van der Waals surface area contributed by atoms with Crippen molar-refractivity contribution in [2.24, 2.45) is 0 Å². The molecule has 0 unspecified atom stereocenters. The molecule has 0 aliphatic carbocycles. The van der Waals surface area contributed by atoms with E-state index in [1.54, 1.807) is 0 Å². The van der Waals surface area contributed by atoms with Gasteiger partial charge >= 0.3 is 24.6 Å². The van der Waals surface area contributed by atoms with E-state index in [2.05, 4.69) is 102 Å². The Hall–Kier alpha value is -4.16. The van der Waals surface area contributed by atoms with Crippen LogP contribution in [0, 0.1) is 0 Å². The van der Waals surface area contributed by atoms with Crippen molar-refractivity contribution in [2.75, 3.05) is 0 Å². The zero-order valence-corrected chi connectivity index (χ0v) is 20.9. The van der Waals surface area contributed by atoms with Gasteiger partial charge in [-0.25, -0.2) is 19.2 Å². The molecular weight excluding hydrogens is 608 g/mol. The number of carbonyl (C=O) groups excluding carboxylic acids is 2. The first kappa shape index (κ1) is 26.4. The molecule has 1 aliphatic heterocycles. The van der Waals surface area contributed by atoms with Gasteiger partial charge in [0.1, 0.15) is 0 Å². The lowest BCUT2D eigenvalue weighted by atomic mass is 9.90. The third kappa shape index (κ3) is 5.73. The summed E-state index contributed by atoms with van der Waals surface area (Å²) in [5.74, 6) is 0. The Morgan fingerprint density at radius 1 is 0.611 bits per heavy atom. The maximum Gasteiger partial charge on any atom is 0.528 e. The number of cyclic esters (lactones) is 4. The van der Waals surface area contributed by atoms with Gasteiger partial charge in [-0.15, -0.1) is 0 Å². The fourth-order valence-corrected chi connectivity index (χ4v) is 4.76. The summed E-state index contributed by atoms with van der Waals surface area (Å²) >= 11 is 7.50. The maximum atomic E-state index is 9.44. The average molecular weight is 622 g/mol. The fourth-order valence-electron chi connectivity index (χ4n) is 3.79. The van der Waals surface area contributed by atoms with Gasteiger partial charge in [0.2, 0.25) is 0 Å². The zero-order valence-electron chi connectivity index (χ0n) is 17.8. The second-order valence-corrected chi connectivity index (χ2v) is 8.58. The van der Waals surface area contributed by atoms with Gasteiger partial charge in [-0.1, -0.05) is 54.6 Å². The molecule has 5 aromatic rings. The molecule has 0 atom stereocenters. The van der Waals surface area contributed by atoms with Gasteiger partial charge < -0.3 is 29.9 Å². The van der Waals surface area contributed by atoms with Gasteiger partial charge in [0.05, 0.1) is 0 Å². The van der Waals surface area contributed by atoms with Gasteiger partial charge in [-0.05, 0) is 75.6 Å². The van der Waals surface area contributed by atoms with E-state index in [0.29, 0.717) is 0 Å². The Labute approximate surface area is 217 Å². The Balaban J connectivity index is 0.000000213. The molecule has 12 heteroatoms. The number of rotatable bonds is 0. The molecule has 1 fully saturated rings. The summed E-state index contributed by atoms with van der Waals surface area (Å²) in [6, 6.07) is 21.9. The Bertz CT molecular complexity index is 1580. The molecule has 1 saturated heterocycles. The van der Waals surface area contributed by atoms with Crippen molar-refractivity contribution in [3.05, 3.63) is 69.6 Å². The summed E-state index contributed by atoms with van der Waals surface area (Å²) in [6.45, 7) is 0. The number of benzene rings is 5. The predicted molar refractivity (Wildman–Crippen MR) is 137 cm³/mol. The van der Waals surface area contributed by atoms with Crippen molar-refractivity contribution in [3.8, 4) is 0 Å². The number of carbonyl (C=O) groups is 4. The van der Waals surface area contributed by atoms with E-state index in [4.69, 9.17) is 30.0 Å². The van der Waals surface area contributed by atoms with Crippen molar-refractivity contribution in [1.29, 1.82) is 0 Å². The van der Waals surface area contributed by atoms with Crippen LogP contribution in [0.1, 0.15) is 0 Å². The van der Waals surface area contributed by atoms with Crippen molar-refractivity contribution < 1.29 is 49.1 Å². The molecule has 6 rings (SSSR count). The molecule has 0 amide bonds.